The summed E-state index contributed by atoms with van der Waals surface area (Å²) in [4.78, 5) is 6.35. The maximum Gasteiger partial charge on any atom is 0.102 e. The van der Waals surface area contributed by atoms with Crippen molar-refractivity contribution in [2.45, 2.75) is 38.0 Å². The van der Waals surface area contributed by atoms with Crippen molar-refractivity contribution in [2.24, 2.45) is 4.99 Å². The van der Waals surface area contributed by atoms with Gasteiger partial charge in [-0.3, -0.25) is 15.0 Å². The van der Waals surface area contributed by atoms with E-state index in [0.717, 1.165) is 44.7 Å². The van der Waals surface area contributed by atoms with E-state index >= 15 is 0 Å². The van der Waals surface area contributed by atoms with Gasteiger partial charge in [0.2, 0.25) is 0 Å². The molecule has 3 rings (SSSR count). The number of aromatic nitrogens is 2. The maximum absolute atomic E-state index is 5.74. The van der Waals surface area contributed by atoms with E-state index < -0.39 is 0 Å². The maximum atomic E-state index is 5.74. The molecule has 1 unspecified atom stereocenters. The van der Waals surface area contributed by atoms with Gasteiger partial charge in [0.05, 0.1) is 12.2 Å². The van der Waals surface area contributed by atoms with Crippen LogP contribution in [0.4, 0.5) is 0 Å². The number of nitrogens with one attached hydrogen (secondary N) is 1. The van der Waals surface area contributed by atoms with Crippen LogP contribution in [0.3, 0.4) is 0 Å². The van der Waals surface area contributed by atoms with Crippen LogP contribution in [-0.2, 0) is 17.7 Å². The summed E-state index contributed by atoms with van der Waals surface area (Å²) in [7, 11) is 2.14. The van der Waals surface area contributed by atoms with Crippen LogP contribution in [0, 0.1) is 0 Å². The third kappa shape index (κ3) is 1.97. The molecule has 0 aromatic carbocycles. The Hall–Kier alpha value is -1.20. The summed E-state index contributed by atoms with van der Waals surface area (Å²) in [5, 5.41) is 7.68. The molecule has 1 aromatic heterocycles. The van der Waals surface area contributed by atoms with Crippen molar-refractivity contribution in [3.05, 3.63) is 17.0 Å². The molecule has 98 valence electrons. The Bertz CT molecular complexity index is 436. The fourth-order valence-electron chi connectivity index (χ4n) is 2.95. The van der Waals surface area contributed by atoms with Gasteiger partial charge < -0.3 is 4.74 Å². The summed E-state index contributed by atoms with van der Waals surface area (Å²) in [5.41, 5.74) is 3.72. The number of aromatic amines is 1. The molecule has 1 saturated heterocycles. The van der Waals surface area contributed by atoms with Gasteiger partial charge in [-0.25, -0.2) is 0 Å². The molecule has 3 heterocycles. The molecule has 0 aliphatic carbocycles. The number of rotatable bonds is 3. The summed E-state index contributed by atoms with van der Waals surface area (Å²) >= 11 is 0. The van der Waals surface area contributed by atoms with Crippen LogP contribution in [0.15, 0.2) is 4.99 Å². The molecule has 18 heavy (non-hydrogen) atoms. The van der Waals surface area contributed by atoms with Crippen molar-refractivity contribution in [3.63, 3.8) is 0 Å². The van der Waals surface area contributed by atoms with Crippen LogP contribution in [0.25, 0.3) is 0 Å². The number of hydrogen-bond acceptors (Lipinski definition) is 4. The molecule has 1 aromatic rings. The van der Waals surface area contributed by atoms with Crippen molar-refractivity contribution < 1.29 is 4.74 Å². The summed E-state index contributed by atoms with van der Waals surface area (Å²) < 4.78 is 5.74. The van der Waals surface area contributed by atoms with Gasteiger partial charge in [-0.1, -0.05) is 0 Å². The standard InChI is InChI=1S/C13H20N4O/c1-14-7-9-6-11-10(8-17(9)2)13(16-15-11)12-4-3-5-18-12/h9,12H,1,3-8H2,2H3,(H,15,16)/t9-,12?/m1/s1. The second kappa shape index (κ2) is 4.82. The van der Waals surface area contributed by atoms with Crippen molar-refractivity contribution in [2.75, 3.05) is 20.2 Å². The van der Waals surface area contributed by atoms with E-state index in [1.807, 2.05) is 0 Å². The third-order valence-corrected chi connectivity index (χ3v) is 4.03. The highest BCUT2D eigenvalue weighted by atomic mass is 16.5. The van der Waals surface area contributed by atoms with E-state index in [0.29, 0.717) is 6.04 Å². The van der Waals surface area contributed by atoms with Gasteiger partial charge in [0, 0.05) is 36.9 Å². The predicted octanol–water partition coefficient (Wildman–Crippen LogP) is 1.32. The highest BCUT2D eigenvalue weighted by Gasteiger charge is 2.31. The molecule has 1 fully saturated rings. The highest BCUT2D eigenvalue weighted by molar-refractivity contribution is 5.31. The average molecular weight is 248 g/mol. The lowest BCUT2D eigenvalue weighted by Gasteiger charge is -2.31. The van der Waals surface area contributed by atoms with Crippen LogP contribution in [0.1, 0.15) is 35.9 Å². The fraction of sp³-hybridized carbons (Fsp3) is 0.692. The molecule has 1 N–H and O–H groups in total. The molecule has 2 aliphatic rings. The summed E-state index contributed by atoms with van der Waals surface area (Å²) in [6.45, 7) is 6.17. The molecule has 2 aliphatic heterocycles. The first kappa shape index (κ1) is 11.9. The Balaban J connectivity index is 1.84. The van der Waals surface area contributed by atoms with Crippen LogP contribution in [-0.4, -0.2) is 48.1 Å². The molecule has 0 spiro atoms. The van der Waals surface area contributed by atoms with E-state index in [9.17, 15) is 0 Å². The van der Waals surface area contributed by atoms with Crippen molar-refractivity contribution >= 4 is 6.72 Å². The Morgan fingerprint density at radius 3 is 3.22 bits per heavy atom. The second-order valence-electron chi connectivity index (χ2n) is 5.25. The molecule has 2 atom stereocenters. The zero-order chi connectivity index (χ0) is 12.5. The van der Waals surface area contributed by atoms with Crippen molar-refractivity contribution in [1.82, 2.24) is 15.1 Å². The zero-order valence-corrected chi connectivity index (χ0v) is 10.9. The van der Waals surface area contributed by atoms with E-state index in [2.05, 4.69) is 33.9 Å². The number of nitrogens with zero attached hydrogens (tertiary/aromatic N) is 3. The van der Waals surface area contributed by atoms with Gasteiger partial charge in [0.25, 0.3) is 0 Å². The van der Waals surface area contributed by atoms with E-state index in [1.165, 1.54) is 11.3 Å². The highest BCUT2D eigenvalue weighted by Crippen LogP contribution is 2.33. The molecule has 0 radical (unpaired) electrons. The van der Waals surface area contributed by atoms with Gasteiger partial charge in [-0.15, -0.1) is 0 Å². The third-order valence-electron chi connectivity index (χ3n) is 4.03. The number of ether oxygens (including phenoxy) is 1. The topological polar surface area (TPSA) is 53.5 Å². The minimum atomic E-state index is 0.201. The number of hydrogen-bond donors (Lipinski definition) is 1. The van der Waals surface area contributed by atoms with Crippen LogP contribution in [0.5, 0.6) is 0 Å². The molecule has 5 nitrogen and oxygen atoms in total. The molecule has 0 saturated carbocycles. The molecule has 5 heteroatoms. The van der Waals surface area contributed by atoms with E-state index in [-0.39, 0.29) is 6.10 Å². The number of likely N-dealkylation sites (N-methyl/N-ethyl adjacent to an activating group) is 1. The summed E-state index contributed by atoms with van der Waals surface area (Å²) in [6.07, 6.45) is 3.42. The number of aliphatic imine (C=N–C) groups is 1. The SMILES string of the molecule is C=NC[C@H]1Cc2[nH]nc(C3CCCO3)c2CN1C. The Labute approximate surface area is 107 Å². The normalized spacial score (nSPS) is 28.3. The average Bonchev–Trinajstić information content (AvgIpc) is 2.98. The number of H-pyrrole nitrogens is 1. The first-order chi connectivity index (χ1) is 8.79. The zero-order valence-electron chi connectivity index (χ0n) is 10.9. The molecular formula is C13H20N4O. The smallest absolute Gasteiger partial charge is 0.102 e. The molecule has 0 bridgehead atoms. The Morgan fingerprint density at radius 1 is 1.61 bits per heavy atom. The van der Waals surface area contributed by atoms with Crippen LogP contribution >= 0.6 is 0 Å². The first-order valence-corrected chi connectivity index (χ1v) is 6.60. The minimum Gasteiger partial charge on any atom is -0.372 e. The lowest BCUT2D eigenvalue weighted by molar-refractivity contribution is 0.106. The van der Waals surface area contributed by atoms with Gasteiger partial charge in [-0.2, -0.15) is 5.10 Å². The monoisotopic (exact) mass is 248 g/mol. The minimum absolute atomic E-state index is 0.201. The lowest BCUT2D eigenvalue weighted by Crippen LogP contribution is -2.39. The van der Waals surface area contributed by atoms with Crippen molar-refractivity contribution in [1.29, 1.82) is 0 Å². The summed E-state index contributed by atoms with van der Waals surface area (Å²) in [5.74, 6) is 0. The van der Waals surface area contributed by atoms with Crippen molar-refractivity contribution in [3.8, 4) is 0 Å². The van der Waals surface area contributed by atoms with Crippen LogP contribution in [0.2, 0.25) is 0 Å². The Kier molecular flexibility index (Phi) is 3.18. The fourth-order valence-corrected chi connectivity index (χ4v) is 2.95. The van der Waals surface area contributed by atoms with Gasteiger partial charge in [0.1, 0.15) is 6.10 Å². The first-order valence-electron chi connectivity index (χ1n) is 6.60. The van der Waals surface area contributed by atoms with Gasteiger partial charge in [0.15, 0.2) is 0 Å². The van der Waals surface area contributed by atoms with E-state index in [1.54, 1.807) is 0 Å². The van der Waals surface area contributed by atoms with E-state index in [4.69, 9.17) is 4.74 Å². The predicted molar refractivity (Wildman–Crippen MR) is 69.9 cm³/mol. The van der Waals surface area contributed by atoms with Gasteiger partial charge in [-0.05, 0) is 26.6 Å². The number of fused-ring (bicyclic) bond motifs is 1. The largest absolute Gasteiger partial charge is 0.372 e. The molecular weight excluding hydrogens is 228 g/mol. The van der Waals surface area contributed by atoms with Crippen LogP contribution < -0.4 is 0 Å². The van der Waals surface area contributed by atoms with Gasteiger partial charge >= 0.3 is 0 Å². The second-order valence-corrected chi connectivity index (χ2v) is 5.25. The lowest BCUT2D eigenvalue weighted by atomic mass is 9.97. The summed E-state index contributed by atoms with van der Waals surface area (Å²) in [6, 6.07) is 0.438. The quantitative estimate of drug-likeness (QED) is 0.821. The Morgan fingerprint density at radius 2 is 2.50 bits per heavy atom. The molecule has 0 amide bonds.